The van der Waals surface area contributed by atoms with Gasteiger partial charge in [-0.15, -0.1) is 0 Å². The van der Waals surface area contributed by atoms with E-state index in [1.54, 1.807) is 0 Å². The van der Waals surface area contributed by atoms with Crippen LogP contribution in [0.5, 0.6) is 0 Å². The molecule has 0 saturated heterocycles. The molecule has 0 amide bonds. The fourth-order valence-corrected chi connectivity index (χ4v) is 4.34. The highest BCUT2D eigenvalue weighted by atomic mass is 16.5. The fourth-order valence-electron chi connectivity index (χ4n) is 4.34. The molecular weight excluding hydrogens is 434 g/mol. The van der Waals surface area contributed by atoms with E-state index in [1.807, 2.05) is 6.08 Å². The number of hydrogen-bond acceptors (Lipinski definition) is 4. The predicted octanol–water partition coefficient (Wildman–Crippen LogP) is 8.84. The van der Waals surface area contributed by atoms with Gasteiger partial charge < -0.3 is 9.94 Å². The molecule has 1 aromatic rings. The smallest absolute Gasteiger partial charge is 0.356 e. The topological polar surface area (TPSA) is 58.9 Å². The van der Waals surface area contributed by atoms with Gasteiger partial charge in [-0.1, -0.05) is 120 Å². The largest absolute Gasteiger partial charge is 0.457 e. The highest BCUT2D eigenvalue weighted by Gasteiger charge is 2.12. The fraction of sp³-hybridized carbons (Fsp3) is 0.677. The van der Waals surface area contributed by atoms with Crippen molar-refractivity contribution >= 4 is 11.7 Å². The van der Waals surface area contributed by atoms with E-state index in [-0.39, 0.29) is 12.3 Å². The zero-order valence-electron chi connectivity index (χ0n) is 22.8. The van der Waals surface area contributed by atoms with E-state index in [0.717, 1.165) is 32.1 Å². The number of allylic oxidation sites excluding steroid dienone is 1. The van der Waals surface area contributed by atoms with Crippen molar-refractivity contribution in [3.63, 3.8) is 0 Å². The number of benzene rings is 1. The van der Waals surface area contributed by atoms with Crippen LogP contribution >= 0.6 is 0 Å². The van der Waals surface area contributed by atoms with Crippen molar-refractivity contribution in [2.45, 2.75) is 124 Å². The Kier molecular flexibility index (Phi) is 18.7. The molecule has 0 heterocycles. The summed E-state index contributed by atoms with van der Waals surface area (Å²) in [5, 5.41) is 12.3. The second-order valence-electron chi connectivity index (χ2n) is 10.2. The first-order chi connectivity index (χ1) is 17.1. The molecule has 0 aliphatic heterocycles. The lowest BCUT2D eigenvalue weighted by Crippen LogP contribution is -2.17. The van der Waals surface area contributed by atoms with Crippen LogP contribution in [0.4, 0.5) is 0 Å². The normalized spacial score (nSPS) is 12.1. The molecule has 0 spiro atoms. The van der Waals surface area contributed by atoms with Crippen molar-refractivity contribution in [1.29, 1.82) is 0 Å². The number of esters is 1. The molecule has 0 aliphatic rings. The van der Waals surface area contributed by atoms with Crippen molar-refractivity contribution < 1.29 is 14.7 Å². The van der Waals surface area contributed by atoms with Crippen LogP contribution in [0.2, 0.25) is 0 Å². The summed E-state index contributed by atoms with van der Waals surface area (Å²) >= 11 is 0. The van der Waals surface area contributed by atoms with E-state index in [1.165, 1.54) is 75.3 Å². The number of carbonyl (C=O) groups excluding carboxylic acids is 1. The first-order valence-electron chi connectivity index (χ1n) is 14.2. The van der Waals surface area contributed by atoms with Crippen molar-refractivity contribution in [2.24, 2.45) is 11.1 Å². The summed E-state index contributed by atoms with van der Waals surface area (Å²) in [5.41, 5.74) is 3.05. The van der Waals surface area contributed by atoms with Crippen molar-refractivity contribution in [3.05, 3.63) is 47.5 Å². The van der Waals surface area contributed by atoms with Crippen LogP contribution in [0.25, 0.3) is 0 Å². The minimum Gasteiger partial charge on any atom is -0.457 e. The number of unbranched alkanes of at least 4 members (excludes halogenated alkanes) is 11. The van der Waals surface area contributed by atoms with Gasteiger partial charge in [0, 0.05) is 6.42 Å². The summed E-state index contributed by atoms with van der Waals surface area (Å²) < 4.78 is 5.21. The summed E-state index contributed by atoms with van der Waals surface area (Å²) in [5.74, 6) is 0.199. The molecule has 4 heteroatoms. The van der Waals surface area contributed by atoms with Crippen molar-refractivity contribution in [2.75, 3.05) is 6.61 Å². The number of rotatable bonds is 21. The standard InChI is InChI=1S/C31H51NO3/c1-4-5-6-7-8-12-15-18-24-35-31(33)30(32-34)23-17-14-11-9-10-13-16-20-28-21-19-22-29(26-28)25-27(2)3/h15,18-19,21-22,26-27,34H,4-14,16-17,20,23-25H2,1-3H3. The number of nitrogens with zero attached hydrogens (tertiary/aromatic N) is 1. The highest BCUT2D eigenvalue weighted by molar-refractivity contribution is 6.36. The molecule has 0 aromatic heterocycles. The molecule has 198 valence electrons. The number of carbonyl (C=O) groups is 1. The Bertz CT molecular complexity index is 724. The summed E-state index contributed by atoms with van der Waals surface area (Å²) in [4.78, 5) is 12.1. The molecule has 0 fully saturated rings. The third-order valence-electron chi connectivity index (χ3n) is 6.32. The lowest BCUT2D eigenvalue weighted by atomic mass is 9.98. The predicted molar refractivity (Wildman–Crippen MR) is 148 cm³/mol. The quantitative estimate of drug-likeness (QED) is 0.0472. The lowest BCUT2D eigenvalue weighted by molar-refractivity contribution is -0.134. The Balaban J connectivity index is 2.03. The van der Waals surface area contributed by atoms with Gasteiger partial charge in [-0.3, -0.25) is 0 Å². The Hall–Kier alpha value is -2.10. The Morgan fingerprint density at radius 3 is 2.29 bits per heavy atom. The van der Waals surface area contributed by atoms with Crippen LogP contribution < -0.4 is 0 Å². The monoisotopic (exact) mass is 485 g/mol. The molecule has 0 atom stereocenters. The molecule has 0 saturated carbocycles. The van der Waals surface area contributed by atoms with Crippen molar-refractivity contribution in [3.8, 4) is 0 Å². The molecule has 1 aromatic carbocycles. The molecule has 0 aliphatic carbocycles. The van der Waals surface area contributed by atoms with Crippen LogP contribution in [0.15, 0.2) is 41.6 Å². The van der Waals surface area contributed by atoms with Crippen LogP contribution in [-0.2, 0) is 22.4 Å². The second kappa shape index (κ2) is 21.2. The molecule has 0 bridgehead atoms. The molecule has 4 nitrogen and oxygen atoms in total. The van der Waals surface area contributed by atoms with E-state index < -0.39 is 5.97 Å². The Labute approximate surface area is 215 Å². The SMILES string of the molecule is CCCCCCCC=CCOC(=O)C(CCCCCCCCCc1cccc(CC(C)C)c1)=NO. The second-order valence-corrected chi connectivity index (χ2v) is 10.2. The third-order valence-corrected chi connectivity index (χ3v) is 6.32. The van der Waals surface area contributed by atoms with Gasteiger partial charge in [-0.25, -0.2) is 4.79 Å². The van der Waals surface area contributed by atoms with Gasteiger partial charge in [-0.05, 0) is 55.6 Å². The number of oxime groups is 1. The van der Waals surface area contributed by atoms with Gasteiger partial charge in [-0.2, -0.15) is 0 Å². The van der Waals surface area contributed by atoms with E-state index >= 15 is 0 Å². The summed E-state index contributed by atoms with van der Waals surface area (Å²) in [6.07, 6.45) is 22.1. The average Bonchev–Trinajstić information content (AvgIpc) is 2.84. The van der Waals surface area contributed by atoms with Crippen molar-refractivity contribution in [1.82, 2.24) is 0 Å². The third kappa shape index (κ3) is 17.0. The molecule has 0 unspecified atom stereocenters. The molecule has 35 heavy (non-hydrogen) atoms. The number of hydrogen-bond donors (Lipinski definition) is 1. The maximum Gasteiger partial charge on any atom is 0.356 e. The highest BCUT2D eigenvalue weighted by Crippen LogP contribution is 2.15. The van der Waals surface area contributed by atoms with Gasteiger partial charge in [0.15, 0.2) is 5.71 Å². The van der Waals surface area contributed by atoms with Gasteiger partial charge in [0.1, 0.15) is 6.61 Å². The lowest BCUT2D eigenvalue weighted by Gasteiger charge is -2.08. The first-order valence-corrected chi connectivity index (χ1v) is 14.2. The van der Waals surface area contributed by atoms with Crippen LogP contribution in [0.1, 0.15) is 122 Å². The molecule has 1 rings (SSSR count). The minimum atomic E-state index is -0.502. The maximum absolute atomic E-state index is 12.1. The molecule has 0 radical (unpaired) electrons. The van der Waals surface area contributed by atoms with Gasteiger partial charge in [0.05, 0.1) is 0 Å². The summed E-state index contributed by atoms with van der Waals surface area (Å²) in [7, 11) is 0. The van der Waals surface area contributed by atoms with E-state index in [2.05, 4.69) is 56.3 Å². The number of aryl methyl sites for hydroxylation is 1. The van der Waals surface area contributed by atoms with E-state index in [4.69, 9.17) is 9.94 Å². The van der Waals surface area contributed by atoms with E-state index in [0.29, 0.717) is 12.3 Å². The maximum atomic E-state index is 12.1. The summed E-state index contributed by atoms with van der Waals surface area (Å²) in [6, 6.07) is 9.06. The number of ether oxygens (including phenoxy) is 1. The average molecular weight is 486 g/mol. The molecule has 1 N–H and O–H groups in total. The van der Waals surface area contributed by atoms with Crippen LogP contribution in [0, 0.1) is 5.92 Å². The Morgan fingerprint density at radius 1 is 0.914 bits per heavy atom. The summed E-state index contributed by atoms with van der Waals surface area (Å²) in [6.45, 7) is 7.00. The molecular formula is C31H51NO3. The van der Waals surface area contributed by atoms with Gasteiger partial charge in [0.2, 0.25) is 0 Å². The zero-order chi connectivity index (χ0) is 25.6. The Morgan fingerprint density at radius 2 is 1.57 bits per heavy atom. The zero-order valence-corrected chi connectivity index (χ0v) is 22.8. The van der Waals surface area contributed by atoms with Crippen LogP contribution in [0.3, 0.4) is 0 Å². The van der Waals surface area contributed by atoms with Gasteiger partial charge in [0.25, 0.3) is 0 Å². The van der Waals surface area contributed by atoms with E-state index in [9.17, 15) is 4.79 Å². The van der Waals surface area contributed by atoms with Crippen LogP contribution in [-0.4, -0.2) is 23.5 Å². The first kappa shape index (κ1) is 30.9. The minimum absolute atomic E-state index is 0.137. The van der Waals surface area contributed by atoms with Gasteiger partial charge >= 0.3 is 5.97 Å².